The summed E-state index contributed by atoms with van der Waals surface area (Å²) < 4.78 is 14.0. The van der Waals surface area contributed by atoms with Gasteiger partial charge in [-0.2, -0.15) is 0 Å². The highest BCUT2D eigenvalue weighted by Crippen LogP contribution is 2.43. The number of benzene rings is 2. The molecule has 1 fully saturated rings. The van der Waals surface area contributed by atoms with E-state index in [1.54, 1.807) is 0 Å². The lowest BCUT2D eigenvalue weighted by Gasteiger charge is -2.44. The summed E-state index contributed by atoms with van der Waals surface area (Å²) in [5, 5.41) is 13.3. The minimum Gasteiger partial charge on any atom is -0.413 e. The van der Waals surface area contributed by atoms with Crippen LogP contribution in [0.15, 0.2) is 72.8 Å². The van der Waals surface area contributed by atoms with Crippen LogP contribution < -0.4 is 10.4 Å². The molecule has 2 aromatic carbocycles. The van der Waals surface area contributed by atoms with E-state index in [4.69, 9.17) is 8.85 Å². The van der Waals surface area contributed by atoms with Gasteiger partial charge in [0.15, 0.2) is 8.32 Å². The zero-order valence-corrected chi connectivity index (χ0v) is 24.4. The molecule has 34 heavy (non-hydrogen) atoms. The molecule has 3 rings (SSSR count). The van der Waals surface area contributed by atoms with Crippen molar-refractivity contribution in [1.82, 2.24) is 0 Å². The Balaban J connectivity index is 2.01. The largest absolute Gasteiger partial charge is 0.413 e. The molecule has 0 amide bonds. The molecule has 1 saturated carbocycles. The van der Waals surface area contributed by atoms with Crippen LogP contribution in [-0.2, 0) is 8.85 Å². The second-order valence-electron chi connectivity index (χ2n) is 12.3. The van der Waals surface area contributed by atoms with Crippen LogP contribution in [0.5, 0.6) is 0 Å². The first-order valence-corrected chi connectivity index (χ1v) is 17.3. The molecule has 3 atom stereocenters. The van der Waals surface area contributed by atoms with Crippen LogP contribution >= 0.6 is 0 Å². The maximum Gasteiger partial charge on any atom is 0.261 e. The Bertz CT molecular complexity index is 919. The van der Waals surface area contributed by atoms with Gasteiger partial charge in [-0.25, -0.2) is 0 Å². The second kappa shape index (κ2) is 9.86. The monoisotopic (exact) mass is 496 g/mol. The standard InChI is InChI=1S/C29H44O3Si2/c1-22-25(27(20-26(22)30)32-33(8,9)28(2,3)4)21-31-34(29(5,6)7,23-16-12-10-13-17-23)24-18-14-11-15-19-24/h10-19,25-27,30H,1,20-21H2,2-9H3. The summed E-state index contributed by atoms with van der Waals surface area (Å²) in [5.41, 5.74) is 0.849. The van der Waals surface area contributed by atoms with Gasteiger partial charge in [-0.15, -0.1) is 0 Å². The van der Waals surface area contributed by atoms with Gasteiger partial charge >= 0.3 is 0 Å². The van der Waals surface area contributed by atoms with Crippen molar-refractivity contribution in [2.45, 2.75) is 83.3 Å². The van der Waals surface area contributed by atoms with Crippen LogP contribution in [0.25, 0.3) is 0 Å². The summed E-state index contributed by atoms with van der Waals surface area (Å²) in [6.45, 7) is 23.0. The minimum absolute atomic E-state index is 0.0224. The van der Waals surface area contributed by atoms with Crippen molar-refractivity contribution < 1.29 is 14.0 Å². The van der Waals surface area contributed by atoms with Crippen molar-refractivity contribution >= 4 is 27.0 Å². The zero-order valence-electron chi connectivity index (χ0n) is 22.4. The third-order valence-electron chi connectivity index (χ3n) is 7.96. The third kappa shape index (κ3) is 5.19. The normalized spacial score (nSPS) is 22.3. The molecule has 3 nitrogen and oxygen atoms in total. The van der Waals surface area contributed by atoms with E-state index in [2.05, 4.69) is 122 Å². The molecule has 0 heterocycles. The smallest absolute Gasteiger partial charge is 0.261 e. The highest BCUT2D eigenvalue weighted by atomic mass is 28.4. The first kappa shape index (κ1) is 27.1. The average molecular weight is 497 g/mol. The van der Waals surface area contributed by atoms with Crippen LogP contribution in [0.2, 0.25) is 23.2 Å². The minimum atomic E-state index is -2.66. The van der Waals surface area contributed by atoms with Gasteiger partial charge in [0.05, 0.1) is 12.2 Å². The van der Waals surface area contributed by atoms with Crippen LogP contribution in [0, 0.1) is 5.92 Å². The Morgan fingerprint density at radius 3 is 1.74 bits per heavy atom. The molecule has 0 aliphatic heterocycles. The molecule has 0 radical (unpaired) electrons. The third-order valence-corrected chi connectivity index (χ3v) is 17.5. The van der Waals surface area contributed by atoms with E-state index in [1.165, 1.54) is 10.4 Å². The fraction of sp³-hybridized carbons (Fsp3) is 0.517. The second-order valence-corrected chi connectivity index (χ2v) is 21.4. The lowest BCUT2D eigenvalue weighted by atomic mass is 10.0. The molecule has 0 bridgehead atoms. The number of hydrogen-bond acceptors (Lipinski definition) is 3. The number of rotatable bonds is 7. The van der Waals surface area contributed by atoms with E-state index < -0.39 is 22.7 Å². The first-order chi connectivity index (χ1) is 15.7. The van der Waals surface area contributed by atoms with Crippen LogP contribution in [0.4, 0.5) is 0 Å². The first-order valence-electron chi connectivity index (χ1n) is 12.5. The summed E-state index contributed by atoms with van der Waals surface area (Å²) >= 11 is 0. The van der Waals surface area contributed by atoms with Gasteiger partial charge < -0.3 is 14.0 Å². The summed E-state index contributed by atoms with van der Waals surface area (Å²) in [7, 11) is -4.67. The van der Waals surface area contributed by atoms with Crippen molar-refractivity contribution in [1.29, 1.82) is 0 Å². The Labute approximate surface area is 209 Å². The Morgan fingerprint density at radius 1 is 0.853 bits per heavy atom. The molecule has 5 heteroatoms. The molecule has 0 spiro atoms. The van der Waals surface area contributed by atoms with Gasteiger partial charge in [0.25, 0.3) is 8.32 Å². The Morgan fingerprint density at radius 2 is 1.32 bits per heavy atom. The summed E-state index contributed by atoms with van der Waals surface area (Å²) in [5.74, 6) is -0.0224. The predicted molar refractivity (Wildman–Crippen MR) is 149 cm³/mol. The van der Waals surface area contributed by atoms with E-state index in [9.17, 15) is 5.11 Å². The number of hydrogen-bond donors (Lipinski definition) is 1. The van der Waals surface area contributed by atoms with Crippen molar-refractivity contribution in [2.24, 2.45) is 5.92 Å². The van der Waals surface area contributed by atoms with E-state index in [-0.39, 0.29) is 22.1 Å². The van der Waals surface area contributed by atoms with Crippen molar-refractivity contribution in [3.05, 3.63) is 72.8 Å². The van der Waals surface area contributed by atoms with Crippen molar-refractivity contribution in [3.63, 3.8) is 0 Å². The van der Waals surface area contributed by atoms with E-state index in [0.717, 1.165) is 5.57 Å². The van der Waals surface area contributed by atoms with Gasteiger partial charge in [0.1, 0.15) is 0 Å². The SMILES string of the molecule is C=C1C(O)CC(O[Si](C)(C)C(C)(C)C)C1CO[Si](c1ccccc1)(c1ccccc1)C(C)(C)C. The highest BCUT2D eigenvalue weighted by molar-refractivity contribution is 6.99. The lowest BCUT2D eigenvalue weighted by molar-refractivity contribution is 0.105. The summed E-state index contributed by atoms with van der Waals surface area (Å²) in [6.07, 6.45) is -0.00995. The molecular weight excluding hydrogens is 452 g/mol. The maximum atomic E-state index is 10.8. The van der Waals surface area contributed by atoms with E-state index in [0.29, 0.717) is 13.0 Å². The fourth-order valence-corrected chi connectivity index (χ4v) is 10.9. The topological polar surface area (TPSA) is 38.7 Å². The quantitative estimate of drug-likeness (QED) is 0.384. The van der Waals surface area contributed by atoms with Gasteiger partial charge in [-0.1, -0.05) is 109 Å². The van der Waals surface area contributed by atoms with E-state index >= 15 is 0 Å². The molecule has 0 saturated heterocycles. The zero-order chi connectivity index (χ0) is 25.4. The van der Waals surface area contributed by atoms with Gasteiger partial charge in [0.2, 0.25) is 0 Å². The highest BCUT2D eigenvalue weighted by Gasteiger charge is 2.52. The fourth-order valence-electron chi connectivity index (χ4n) is 4.90. The molecule has 1 aliphatic carbocycles. The molecule has 2 aromatic rings. The Hall–Kier alpha value is -1.51. The van der Waals surface area contributed by atoms with Crippen LogP contribution in [0.1, 0.15) is 48.0 Å². The van der Waals surface area contributed by atoms with Gasteiger partial charge in [-0.05, 0) is 39.1 Å². The molecule has 1 aliphatic rings. The van der Waals surface area contributed by atoms with Gasteiger partial charge in [0, 0.05) is 18.9 Å². The molecular formula is C29H44O3Si2. The molecule has 186 valence electrons. The maximum absolute atomic E-state index is 10.8. The van der Waals surface area contributed by atoms with E-state index in [1.807, 2.05) is 0 Å². The summed E-state index contributed by atoms with van der Waals surface area (Å²) in [6, 6.07) is 21.4. The summed E-state index contributed by atoms with van der Waals surface area (Å²) in [4.78, 5) is 0. The predicted octanol–water partition coefficient (Wildman–Crippen LogP) is 5.89. The van der Waals surface area contributed by atoms with Crippen molar-refractivity contribution in [2.75, 3.05) is 6.61 Å². The van der Waals surface area contributed by atoms with Crippen molar-refractivity contribution in [3.8, 4) is 0 Å². The molecule has 3 unspecified atom stereocenters. The lowest BCUT2D eigenvalue weighted by Crippen LogP contribution is -2.67. The Kier molecular flexibility index (Phi) is 7.86. The van der Waals surface area contributed by atoms with Gasteiger partial charge in [-0.3, -0.25) is 0 Å². The van der Waals surface area contributed by atoms with Crippen LogP contribution in [0.3, 0.4) is 0 Å². The number of aliphatic hydroxyl groups excluding tert-OH is 1. The molecule has 1 N–H and O–H groups in total. The average Bonchev–Trinajstić information content (AvgIpc) is 3.00. The number of aliphatic hydroxyl groups is 1. The molecule has 0 aromatic heterocycles. The van der Waals surface area contributed by atoms with Crippen LogP contribution in [-0.4, -0.2) is 40.6 Å².